The molecule has 1 aromatic carbocycles. The first kappa shape index (κ1) is 24.2. The number of carboxylic acids is 3. The zero-order valence-electron chi connectivity index (χ0n) is 19.6. The van der Waals surface area contributed by atoms with E-state index >= 15 is 0 Å². The Morgan fingerprint density at radius 2 is 0.778 bits per heavy atom. The molecule has 0 aliphatic rings. The lowest BCUT2D eigenvalue weighted by Gasteiger charge is -2.23. The molecule has 9 nitrogen and oxygen atoms in total. The Morgan fingerprint density at radius 3 is 0.972 bits per heavy atom. The Morgan fingerprint density at radius 1 is 0.528 bits per heavy atom. The van der Waals surface area contributed by atoms with Crippen LogP contribution >= 0.6 is 0 Å². The predicted octanol–water partition coefficient (Wildman–Crippen LogP) is 4.89. The molecule has 0 spiro atoms. The standard InChI is InChI=1S/C27H21N3O6/c1-13-7-4-10-28-22(13)16-19(25(31)32)17(23-14(2)8-5-11-29-23)21(27(35)36)18(20(16)26(33)34)24-15(3)9-6-12-30-24/h4-12H,1-3H3,(H,31,32)(H,33,34)(H,35,36). The third kappa shape index (κ3) is 3.96. The van der Waals surface area contributed by atoms with E-state index in [0.717, 1.165) is 0 Å². The van der Waals surface area contributed by atoms with E-state index in [0.29, 0.717) is 16.7 Å². The van der Waals surface area contributed by atoms with Gasteiger partial charge in [-0.1, -0.05) is 18.2 Å². The molecular weight excluding hydrogens is 462 g/mol. The summed E-state index contributed by atoms with van der Waals surface area (Å²) in [5.74, 6) is -4.53. The van der Waals surface area contributed by atoms with Crippen molar-refractivity contribution < 1.29 is 29.7 Å². The Labute approximate surface area is 205 Å². The number of hydrogen-bond donors (Lipinski definition) is 3. The second-order valence-corrected chi connectivity index (χ2v) is 8.17. The van der Waals surface area contributed by atoms with Crippen LogP contribution in [0.5, 0.6) is 0 Å². The van der Waals surface area contributed by atoms with E-state index < -0.39 is 34.6 Å². The minimum absolute atomic E-state index is 0.105. The van der Waals surface area contributed by atoms with E-state index in [1.165, 1.54) is 18.6 Å². The first-order chi connectivity index (χ1) is 17.1. The van der Waals surface area contributed by atoms with Crippen LogP contribution < -0.4 is 0 Å². The first-order valence-electron chi connectivity index (χ1n) is 10.8. The number of aromatic nitrogens is 3. The fourth-order valence-corrected chi connectivity index (χ4v) is 4.34. The predicted molar refractivity (Wildman–Crippen MR) is 131 cm³/mol. The van der Waals surface area contributed by atoms with Crippen LogP contribution in [0.15, 0.2) is 55.0 Å². The van der Waals surface area contributed by atoms with Gasteiger partial charge >= 0.3 is 17.9 Å². The third-order valence-electron chi connectivity index (χ3n) is 5.88. The highest BCUT2D eigenvalue weighted by Gasteiger charge is 2.37. The molecular formula is C27H21N3O6. The molecule has 0 aliphatic heterocycles. The van der Waals surface area contributed by atoms with Crippen LogP contribution in [0.1, 0.15) is 47.8 Å². The molecule has 0 saturated carbocycles. The molecule has 3 heterocycles. The number of aryl methyl sites for hydroxylation is 3. The number of nitrogens with zero attached hydrogens (tertiary/aromatic N) is 3. The quantitative estimate of drug-likeness (QED) is 0.348. The Balaban J connectivity index is 2.44. The van der Waals surface area contributed by atoms with Crippen LogP contribution in [-0.2, 0) is 0 Å². The Hall–Kier alpha value is -4.92. The molecule has 0 unspecified atom stereocenters. The number of hydrogen-bond acceptors (Lipinski definition) is 6. The van der Waals surface area contributed by atoms with E-state index in [1.54, 1.807) is 57.2 Å². The van der Waals surface area contributed by atoms with Gasteiger partial charge < -0.3 is 15.3 Å². The fourth-order valence-electron chi connectivity index (χ4n) is 4.34. The largest absolute Gasteiger partial charge is 0.478 e. The van der Waals surface area contributed by atoms with E-state index in [1.807, 2.05) is 0 Å². The van der Waals surface area contributed by atoms with Crippen molar-refractivity contribution >= 4 is 17.9 Å². The number of pyridine rings is 3. The molecule has 0 saturated heterocycles. The van der Waals surface area contributed by atoms with E-state index in [2.05, 4.69) is 15.0 Å². The monoisotopic (exact) mass is 483 g/mol. The van der Waals surface area contributed by atoms with Gasteiger partial charge in [-0.3, -0.25) is 15.0 Å². The number of benzene rings is 1. The van der Waals surface area contributed by atoms with Crippen LogP contribution in [0.2, 0.25) is 0 Å². The highest BCUT2D eigenvalue weighted by molar-refractivity contribution is 6.19. The summed E-state index contributed by atoms with van der Waals surface area (Å²) in [6.07, 6.45) is 4.26. The summed E-state index contributed by atoms with van der Waals surface area (Å²) in [6, 6.07) is 9.92. The molecule has 0 fully saturated rings. The summed E-state index contributed by atoms with van der Waals surface area (Å²) in [5.41, 5.74) is -0.303. The van der Waals surface area contributed by atoms with E-state index in [-0.39, 0.29) is 33.8 Å². The zero-order chi connectivity index (χ0) is 26.1. The van der Waals surface area contributed by atoms with Gasteiger partial charge in [-0.15, -0.1) is 0 Å². The Kier molecular flexibility index (Phi) is 6.31. The lowest BCUT2D eigenvalue weighted by Crippen LogP contribution is -2.19. The highest BCUT2D eigenvalue weighted by atomic mass is 16.4. The van der Waals surface area contributed by atoms with Crippen molar-refractivity contribution in [3.8, 4) is 33.8 Å². The van der Waals surface area contributed by atoms with Crippen molar-refractivity contribution in [3.63, 3.8) is 0 Å². The minimum atomic E-state index is -1.51. The molecule has 180 valence electrons. The average molecular weight is 483 g/mol. The van der Waals surface area contributed by atoms with E-state index in [4.69, 9.17) is 0 Å². The fraction of sp³-hybridized carbons (Fsp3) is 0.111. The van der Waals surface area contributed by atoms with Crippen LogP contribution in [0.25, 0.3) is 33.8 Å². The molecule has 3 aromatic heterocycles. The molecule has 9 heteroatoms. The molecule has 3 N–H and O–H groups in total. The zero-order valence-corrected chi connectivity index (χ0v) is 19.6. The van der Waals surface area contributed by atoms with Crippen LogP contribution in [0, 0.1) is 20.8 Å². The highest BCUT2D eigenvalue weighted by Crippen LogP contribution is 2.45. The van der Waals surface area contributed by atoms with Gasteiger partial charge in [-0.05, 0) is 55.7 Å². The Bertz CT molecular complexity index is 1360. The van der Waals surface area contributed by atoms with Crippen molar-refractivity contribution in [1.82, 2.24) is 15.0 Å². The van der Waals surface area contributed by atoms with Gasteiger partial charge in [0, 0.05) is 35.3 Å². The summed E-state index contributed by atoms with van der Waals surface area (Å²) in [7, 11) is 0. The molecule has 0 bridgehead atoms. The van der Waals surface area contributed by atoms with Crippen LogP contribution in [0.4, 0.5) is 0 Å². The maximum Gasteiger partial charge on any atom is 0.337 e. The summed E-state index contributed by atoms with van der Waals surface area (Å²) < 4.78 is 0. The SMILES string of the molecule is Cc1cccnc1-c1c(C(=O)O)c(-c2ncccc2C)c(C(=O)O)c(-c2ncccc2C)c1C(=O)O. The number of rotatable bonds is 6. The first-order valence-corrected chi connectivity index (χ1v) is 10.8. The van der Waals surface area contributed by atoms with Gasteiger partial charge in [0.05, 0.1) is 33.8 Å². The average Bonchev–Trinajstić information content (AvgIpc) is 2.83. The lowest BCUT2D eigenvalue weighted by molar-refractivity contribution is 0.0696. The normalized spacial score (nSPS) is 10.8. The van der Waals surface area contributed by atoms with Gasteiger partial charge in [-0.2, -0.15) is 0 Å². The molecule has 0 amide bonds. The summed E-state index contributed by atoms with van der Waals surface area (Å²) in [6.45, 7) is 5.01. The molecule has 4 aromatic rings. The van der Waals surface area contributed by atoms with Crippen LogP contribution in [-0.4, -0.2) is 48.2 Å². The van der Waals surface area contributed by atoms with Gasteiger partial charge in [0.1, 0.15) is 0 Å². The summed E-state index contributed by atoms with van der Waals surface area (Å²) >= 11 is 0. The molecule has 36 heavy (non-hydrogen) atoms. The maximum absolute atomic E-state index is 12.8. The minimum Gasteiger partial charge on any atom is -0.478 e. The number of carbonyl (C=O) groups is 3. The van der Waals surface area contributed by atoms with Crippen molar-refractivity contribution in [2.45, 2.75) is 20.8 Å². The van der Waals surface area contributed by atoms with Gasteiger partial charge in [-0.25, -0.2) is 14.4 Å². The van der Waals surface area contributed by atoms with Crippen LogP contribution in [0.3, 0.4) is 0 Å². The van der Waals surface area contributed by atoms with Crippen molar-refractivity contribution in [3.05, 3.63) is 88.4 Å². The topological polar surface area (TPSA) is 151 Å². The molecule has 4 rings (SSSR count). The van der Waals surface area contributed by atoms with Gasteiger partial charge in [0.25, 0.3) is 0 Å². The van der Waals surface area contributed by atoms with E-state index in [9.17, 15) is 29.7 Å². The van der Waals surface area contributed by atoms with Gasteiger partial charge in [0.15, 0.2) is 0 Å². The lowest BCUT2D eigenvalue weighted by atomic mass is 9.80. The summed E-state index contributed by atoms with van der Waals surface area (Å²) in [4.78, 5) is 51.4. The second kappa shape index (κ2) is 9.38. The summed E-state index contributed by atoms with van der Waals surface area (Å²) in [5, 5.41) is 31.3. The molecule has 0 radical (unpaired) electrons. The second-order valence-electron chi connectivity index (χ2n) is 8.17. The number of carboxylic acid groups (broad SMARTS) is 3. The smallest absolute Gasteiger partial charge is 0.337 e. The molecule has 0 atom stereocenters. The molecule has 0 aliphatic carbocycles. The maximum atomic E-state index is 12.8. The van der Waals surface area contributed by atoms with Crippen molar-refractivity contribution in [1.29, 1.82) is 0 Å². The van der Waals surface area contributed by atoms with Gasteiger partial charge in [0.2, 0.25) is 0 Å². The third-order valence-corrected chi connectivity index (χ3v) is 5.88. The van der Waals surface area contributed by atoms with Crippen molar-refractivity contribution in [2.24, 2.45) is 0 Å². The number of aromatic carboxylic acids is 3. The van der Waals surface area contributed by atoms with Crippen molar-refractivity contribution in [2.75, 3.05) is 0 Å².